The normalized spacial score (nSPS) is 27.3. The molecule has 0 radical (unpaired) electrons. The Balaban J connectivity index is 1.66. The molecule has 47 heavy (non-hydrogen) atoms. The van der Waals surface area contributed by atoms with Gasteiger partial charge in [0.05, 0.1) is 30.1 Å². The summed E-state index contributed by atoms with van der Waals surface area (Å²) in [6.07, 6.45) is 5.68. The van der Waals surface area contributed by atoms with Gasteiger partial charge in [-0.05, 0) is 55.7 Å². The van der Waals surface area contributed by atoms with Gasteiger partial charge in [-0.1, -0.05) is 87.9 Å². The van der Waals surface area contributed by atoms with Crippen molar-refractivity contribution in [3.8, 4) is 0 Å². The zero-order valence-corrected chi connectivity index (χ0v) is 28.7. The predicted molar refractivity (Wildman–Crippen MR) is 185 cm³/mol. The van der Waals surface area contributed by atoms with Crippen molar-refractivity contribution in [2.75, 3.05) is 24.6 Å². The summed E-state index contributed by atoms with van der Waals surface area (Å²) < 4.78 is 7.11. The van der Waals surface area contributed by atoms with Crippen LogP contribution in [-0.2, 0) is 25.7 Å². The molecule has 252 valence electrons. The minimum atomic E-state index is -1.21. The topological polar surface area (TPSA) is 90.4 Å². The second kappa shape index (κ2) is 13.8. The van der Waals surface area contributed by atoms with Crippen LogP contribution in [0.4, 0.5) is 5.69 Å². The molecule has 1 spiro atoms. The third kappa shape index (κ3) is 5.63. The van der Waals surface area contributed by atoms with E-state index in [1.54, 1.807) is 26.9 Å². The minimum Gasteiger partial charge on any atom is -0.394 e. The molecular weight excluding hydrogens is 590 g/mol. The van der Waals surface area contributed by atoms with E-state index < -0.39 is 35.1 Å². The number of nitrogens with zero attached hydrogens (tertiary/aromatic N) is 3. The molecule has 2 aromatic rings. The van der Waals surface area contributed by atoms with Crippen LogP contribution in [0.1, 0.15) is 63.1 Å². The van der Waals surface area contributed by atoms with Gasteiger partial charge in [-0.25, -0.2) is 0 Å². The molecule has 1 N–H and O–H groups in total. The molecule has 3 fully saturated rings. The molecule has 3 heterocycles. The fourth-order valence-corrected chi connectivity index (χ4v) is 8.67. The third-order valence-corrected chi connectivity index (χ3v) is 11.1. The number of likely N-dealkylation sites (tertiary alicyclic amines) is 1. The number of hydrogen-bond donors (Lipinski definition) is 1. The lowest BCUT2D eigenvalue weighted by atomic mass is 9.64. The molecule has 0 aromatic heterocycles. The molecule has 0 saturated carbocycles. The summed E-state index contributed by atoms with van der Waals surface area (Å²) in [5, 5.41) is 10.8. The largest absolute Gasteiger partial charge is 0.394 e. The second-order valence-electron chi connectivity index (χ2n) is 13.7. The number of aliphatic hydroxyl groups excluding tert-OH is 1. The average molecular weight is 642 g/mol. The van der Waals surface area contributed by atoms with Crippen LogP contribution in [0.2, 0.25) is 0 Å². The molecule has 3 aliphatic heterocycles. The van der Waals surface area contributed by atoms with E-state index in [1.807, 2.05) is 83.1 Å². The van der Waals surface area contributed by atoms with E-state index in [1.165, 1.54) is 0 Å². The quantitative estimate of drug-likeness (QED) is 0.272. The highest BCUT2D eigenvalue weighted by Gasteiger charge is 2.79. The molecule has 3 amide bonds. The Morgan fingerprint density at radius 2 is 1.68 bits per heavy atom. The number of benzene rings is 2. The Morgan fingerprint density at radius 3 is 2.26 bits per heavy atom. The van der Waals surface area contributed by atoms with Crippen LogP contribution in [0.15, 0.2) is 73.8 Å². The number of para-hydroxylation sites is 1. The highest BCUT2D eigenvalue weighted by atomic mass is 16.5. The van der Waals surface area contributed by atoms with Gasteiger partial charge in [0.15, 0.2) is 0 Å². The van der Waals surface area contributed by atoms with Crippen molar-refractivity contribution in [3.63, 3.8) is 0 Å². The van der Waals surface area contributed by atoms with Crippen LogP contribution < -0.4 is 4.90 Å². The number of rotatable bonds is 14. The zero-order chi connectivity index (χ0) is 34.1. The van der Waals surface area contributed by atoms with Crippen LogP contribution in [-0.4, -0.2) is 75.6 Å². The summed E-state index contributed by atoms with van der Waals surface area (Å²) >= 11 is 0. The van der Waals surface area contributed by atoms with E-state index in [0.717, 1.165) is 22.4 Å². The van der Waals surface area contributed by atoms with Crippen molar-refractivity contribution in [2.45, 2.75) is 90.1 Å². The van der Waals surface area contributed by atoms with Crippen molar-refractivity contribution < 1.29 is 24.2 Å². The van der Waals surface area contributed by atoms with Crippen LogP contribution in [0.5, 0.6) is 0 Å². The van der Waals surface area contributed by atoms with Crippen LogP contribution >= 0.6 is 0 Å². The molecule has 0 aliphatic carbocycles. The molecule has 2 unspecified atom stereocenters. The first-order chi connectivity index (χ1) is 22.5. The van der Waals surface area contributed by atoms with Crippen molar-refractivity contribution in [2.24, 2.45) is 17.8 Å². The van der Waals surface area contributed by atoms with E-state index in [9.17, 15) is 9.90 Å². The number of anilines is 1. The Kier molecular flexibility index (Phi) is 10.1. The van der Waals surface area contributed by atoms with E-state index in [2.05, 4.69) is 13.2 Å². The van der Waals surface area contributed by atoms with Gasteiger partial charge in [0.25, 0.3) is 5.91 Å². The minimum absolute atomic E-state index is 0.0932. The summed E-state index contributed by atoms with van der Waals surface area (Å²) in [5.74, 6) is -2.44. The number of ether oxygens (including phenoxy) is 1. The highest BCUT2D eigenvalue weighted by molar-refractivity contribution is 6.06. The van der Waals surface area contributed by atoms with E-state index >= 15 is 9.59 Å². The van der Waals surface area contributed by atoms with Gasteiger partial charge in [0.1, 0.15) is 11.6 Å². The van der Waals surface area contributed by atoms with E-state index in [0.29, 0.717) is 38.8 Å². The zero-order valence-electron chi connectivity index (χ0n) is 28.7. The summed E-state index contributed by atoms with van der Waals surface area (Å²) in [6, 6.07) is 14.1. The number of carbonyl (C=O) groups excluding carboxylic acids is 3. The summed E-state index contributed by atoms with van der Waals surface area (Å²) in [5.41, 5.74) is 1.52. The fraction of sp³-hybridized carbons (Fsp3) is 0.513. The van der Waals surface area contributed by atoms with Gasteiger partial charge in [-0.2, -0.15) is 0 Å². The molecule has 8 heteroatoms. The highest BCUT2D eigenvalue weighted by Crippen LogP contribution is 2.65. The molecule has 5 rings (SSSR count). The number of amides is 3. The first kappa shape index (κ1) is 34.6. The van der Waals surface area contributed by atoms with E-state index in [4.69, 9.17) is 4.74 Å². The molecule has 3 saturated heterocycles. The lowest BCUT2D eigenvalue weighted by Crippen LogP contribution is -2.60. The van der Waals surface area contributed by atoms with Crippen LogP contribution in [0.25, 0.3) is 0 Å². The average Bonchev–Trinajstić information content (AvgIpc) is 3.68. The monoisotopic (exact) mass is 641 g/mol. The number of hydrogen-bond acceptors (Lipinski definition) is 5. The van der Waals surface area contributed by atoms with Crippen LogP contribution in [0.3, 0.4) is 0 Å². The number of carbonyl (C=O) groups is 3. The second-order valence-corrected chi connectivity index (χ2v) is 13.7. The standard InChI is InChI=1S/C39H51N3O5/c1-8-22-40(24-29-18-13-12-14-19-29)35(44)31-32-36(45)42(30(25-43)26(5)10-3)34(39(32)21-20-38(31,11-4)47-39)37(46)41(23-9-2)33-27(6)16-15-17-28(33)7/h8-9,12-19,26,30-32,34,43H,1-2,10-11,20-25H2,3-7H3/t26-,30-,31+,32-,34?,38-,39?/m0/s1. The Bertz CT molecular complexity index is 1490. The Hall–Kier alpha value is -3.75. The first-order valence-corrected chi connectivity index (χ1v) is 17.1. The van der Waals surface area contributed by atoms with Crippen molar-refractivity contribution in [3.05, 3.63) is 90.5 Å². The lowest BCUT2D eigenvalue weighted by molar-refractivity contribution is -0.154. The fourth-order valence-electron chi connectivity index (χ4n) is 8.67. The maximum Gasteiger partial charge on any atom is 0.253 e. The third-order valence-electron chi connectivity index (χ3n) is 11.1. The molecule has 3 aliphatic rings. The van der Waals surface area contributed by atoms with Crippen LogP contribution in [0, 0.1) is 31.6 Å². The summed E-state index contributed by atoms with van der Waals surface area (Å²) in [7, 11) is 0. The van der Waals surface area contributed by atoms with Crippen molar-refractivity contribution in [1.29, 1.82) is 0 Å². The Labute approximate surface area is 280 Å². The van der Waals surface area contributed by atoms with Gasteiger partial charge in [-0.3, -0.25) is 14.4 Å². The molecule has 7 atom stereocenters. The van der Waals surface area contributed by atoms with Gasteiger partial charge in [0, 0.05) is 25.3 Å². The molecular formula is C39H51N3O5. The summed E-state index contributed by atoms with van der Waals surface area (Å²) in [4.78, 5) is 50.1. The molecule has 8 nitrogen and oxygen atoms in total. The van der Waals surface area contributed by atoms with Gasteiger partial charge >= 0.3 is 0 Å². The van der Waals surface area contributed by atoms with Gasteiger partial charge in [0.2, 0.25) is 11.8 Å². The molecule has 2 bridgehead atoms. The van der Waals surface area contributed by atoms with Crippen molar-refractivity contribution >= 4 is 23.4 Å². The van der Waals surface area contributed by atoms with Gasteiger partial charge in [-0.15, -0.1) is 13.2 Å². The SMILES string of the molecule is C=CCN(Cc1ccccc1)C(=O)[C@H]1[C@H]2C(=O)N([C@@H](CO)[C@@H](C)CC)C(C(=O)N(CC=C)c3c(C)cccc3C)C23CC[C@]1(CC)O3. The smallest absolute Gasteiger partial charge is 0.253 e. The Morgan fingerprint density at radius 1 is 1.02 bits per heavy atom. The lowest BCUT2D eigenvalue weighted by Gasteiger charge is -2.41. The summed E-state index contributed by atoms with van der Waals surface area (Å²) in [6.45, 7) is 18.5. The maximum atomic E-state index is 15.2. The number of fused-ring (bicyclic) bond motifs is 1. The maximum absolute atomic E-state index is 15.2. The first-order valence-electron chi connectivity index (χ1n) is 17.1. The van der Waals surface area contributed by atoms with E-state index in [-0.39, 0.29) is 36.8 Å². The van der Waals surface area contributed by atoms with Crippen molar-refractivity contribution in [1.82, 2.24) is 9.80 Å². The number of aryl methyl sites for hydroxylation is 2. The van der Waals surface area contributed by atoms with Gasteiger partial charge < -0.3 is 24.5 Å². The molecule has 2 aromatic carbocycles. The number of aliphatic hydroxyl groups is 1. The predicted octanol–water partition coefficient (Wildman–Crippen LogP) is 5.60.